The molecule has 0 saturated carbocycles. The Kier molecular flexibility index (Phi) is 4.14. The third-order valence-electron chi connectivity index (χ3n) is 3.18. The van der Waals surface area contributed by atoms with Crippen LogP contribution in [0.15, 0.2) is 30.3 Å². The van der Waals surface area contributed by atoms with E-state index in [4.69, 9.17) is 23.2 Å². The van der Waals surface area contributed by atoms with Crippen LogP contribution in [0.2, 0.25) is 10.0 Å². The van der Waals surface area contributed by atoms with E-state index in [1.165, 1.54) is 12.1 Å². The molecule has 0 aliphatic carbocycles. The third-order valence-corrected chi connectivity index (χ3v) is 3.91. The monoisotopic (exact) mass is 298 g/mol. The second kappa shape index (κ2) is 5.49. The second-order valence-electron chi connectivity index (χ2n) is 4.50. The van der Waals surface area contributed by atoms with Gasteiger partial charge in [-0.3, -0.25) is 0 Å². The molecule has 0 bridgehead atoms. The molecule has 0 saturated heterocycles. The summed E-state index contributed by atoms with van der Waals surface area (Å²) in [7, 11) is 0. The van der Waals surface area contributed by atoms with Crippen LogP contribution in [0.4, 0.5) is 4.39 Å². The molecule has 0 fully saturated rings. The average Bonchev–Trinajstić information content (AvgIpc) is 2.36. The minimum absolute atomic E-state index is 0.0794. The van der Waals surface area contributed by atoms with Gasteiger partial charge >= 0.3 is 0 Å². The van der Waals surface area contributed by atoms with E-state index < -0.39 is 11.9 Å². The first kappa shape index (κ1) is 14.3. The minimum Gasteiger partial charge on any atom is -0.384 e. The lowest BCUT2D eigenvalue weighted by Gasteiger charge is -2.16. The van der Waals surface area contributed by atoms with E-state index in [1.54, 1.807) is 18.2 Å². The number of aryl methyl sites for hydroxylation is 2. The largest absolute Gasteiger partial charge is 0.384 e. The van der Waals surface area contributed by atoms with E-state index in [0.717, 1.165) is 11.1 Å². The molecular formula is C15H13Cl2FO. The van der Waals surface area contributed by atoms with Crippen molar-refractivity contribution in [1.82, 2.24) is 0 Å². The van der Waals surface area contributed by atoms with Gasteiger partial charge in [0, 0.05) is 16.1 Å². The molecule has 0 aromatic heterocycles. The van der Waals surface area contributed by atoms with Gasteiger partial charge in [0.05, 0.1) is 5.02 Å². The molecule has 1 nitrogen and oxygen atoms in total. The number of hydrogen-bond donors (Lipinski definition) is 1. The molecule has 100 valence electrons. The fourth-order valence-electron chi connectivity index (χ4n) is 1.91. The molecule has 0 heterocycles. The molecule has 4 heteroatoms. The fourth-order valence-corrected chi connectivity index (χ4v) is 2.46. The normalized spacial score (nSPS) is 12.5. The summed E-state index contributed by atoms with van der Waals surface area (Å²) < 4.78 is 13.4. The minimum atomic E-state index is -1.05. The Hall–Kier alpha value is -1.09. The lowest BCUT2D eigenvalue weighted by molar-refractivity contribution is 0.220. The van der Waals surface area contributed by atoms with E-state index >= 15 is 0 Å². The highest BCUT2D eigenvalue weighted by Crippen LogP contribution is 2.34. The van der Waals surface area contributed by atoms with Crippen LogP contribution in [0, 0.1) is 19.7 Å². The van der Waals surface area contributed by atoms with Gasteiger partial charge in [-0.25, -0.2) is 4.39 Å². The van der Waals surface area contributed by atoms with Gasteiger partial charge in [-0.2, -0.15) is 0 Å². The molecule has 19 heavy (non-hydrogen) atoms. The maximum Gasteiger partial charge on any atom is 0.142 e. The first-order valence-electron chi connectivity index (χ1n) is 5.80. The van der Waals surface area contributed by atoms with Crippen molar-refractivity contribution in [3.8, 4) is 0 Å². The fraction of sp³-hybridized carbons (Fsp3) is 0.200. The van der Waals surface area contributed by atoms with Gasteiger partial charge in [0.2, 0.25) is 0 Å². The highest BCUT2D eigenvalue weighted by atomic mass is 35.5. The van der Waals surface area contributed by atoms with Gasteiger partial charge in [-0.05, 0) is 37.1 Å². The molecule has 2 rings (SSSR count). The Morgan fingerprint density at radius 2 is 1.68 bits per heavy atom. The summed E-state index contributed by atoms with van der Waals surface area (Å²) in [6.45, 7) is 3.86. The molecule has 0 amide bonds. The quantitative estimate of drug-likeness (QED) is 0.842. The number of benzene rings is 2. The summed E-state index contributed by atoms with van der Waals surface area (Å²) in [5.74, 6) is -0.557. The number of aliphatic hydroxyl groups is 1. The molecule has 2 aromatic rings. The first-order chi connectivity index (χ1) is 8.91. The van der Waals surface area contributed by atoms with E-state index in [9.17, 15) is 9.50 Å². The Balaban J connectivity index is 2.53. The Labute approximate surface area is 121 Å². The van der Waals surface area contributed by atoms with Crippen molar-refractivity contribution in [3.63, 3.8) is 0 Å². The van der Waals surface area contributed by atoms with Crippen molar-refractivity contribution in [2.45, 2.75) is 20.0 Å². The predicted octanol–water partition coefficient (Wildman–Crippen LogP) is 4.83. The Bertz CT molecular complexity index is 626. The number of aliphatic hydroxyl groups excluding tert-OH is 1. The molecule has 1 unspecified atom stereocenters. The summed E-state index contributed by atoms with van der Waals surface area (Å²) in [4.78, 5) is 0. The van der Waals surface area contributed by atoms with Gasteiger partial charge in [0.25, 0.3) is 0 Å². The number of rotatable bonds is 2. The van der Waals surface area contributed by atoms with Crippen LogP contribution in [0.25, 0.3) is 0 Å². The number of hydrogen-bond acceptors (Lipinski definition) is 1. The van der Waals surface area contributed by atoms with Gasteiger partial charge in [-0.15, -0.1) is 0 Å². The molecule has 0 aliphatic heterocycles. The van der Waals surface area contributed by atoms with Crippen molar-refractivity contribution >= 4 is 23.2 Å². The van der Waals surface area contributed by atoms with Crippen LogP contribution in [0.5, 0.6) is 0 Å². The van der Waals surface area contributed by atoms with Gasteiger partial charge < -0.3 is 5.11 Å². The van der Waals surface area contributed by atoms with Crippen molar-refractivity contribution < 1.29 is 9.50 Å². The zero-order valence-electron chi connectivity index (χ0n) is 10.5. The Morgan fingerprint density at radius 3 is 2.37 bits per heavy atom. The van der Waals surface area contributed by atoms with E-state index in [0.29, 0.717) is 16.1 Å². The maximum absolute atomic E-state index is 13.4. The third kappa shape index (κ3) is 2.76. The van der Waals surface area contributed by atoms with Crippen molar-refractivity contribution in [2.24, 2.45) is 0 Å². The lowest BCUT2D eigenvalue weighted by atomic mass is 9.97. The molecule has 1 N–H and O–H groups in total. The summed E-state index contributed by atoms with van der Waals surface area (Å²) in [5, 5.41) is 10.7. The molecule has 2 aromatic carbocycles. The summed E-state index contributed by atoms with van der Waals surface area (Å²) in [6, 6.07) is 7.92. The van der Waals surface area contributed by atoms with Crippen LogP contribution >= 0.6 is 23.2 Å². The average molecular weight is 299 g/mol. The second-order valence-corrected chi connectivity index (χ2v) is 5.29. The van der Waals surface area contributed by atoms with Crippen molar-refractivity contribution in [2.75, 3.05) is 0 Å². The maximum atomic E-state index is 13.4. The first-order valence-corrected chi connectivity index (χ1v) is 6.56. The van der Waals surface area contributed by atoms with E-state index in [-0.39, 0.29) is 5.02 Å². The summed E-state index contributed by atoms with van der Waals surface area (Å²) in [6.07, 6.45) is -1.05. The van der Waals surface area contributed by atoms with Gasteiger partial charge in [0.1, 0.15) is 11.9 Å². The van der Waals surface area contributed by atoms with E-state index in [1.807, 2.05) is 13.8 Å². The highest BCUT2D eigenvalue weighted by molar-refractivity contribution is 6.32. The number of halogens is 3. The predicted molar refractivity (Wildman–Crippen MR) is 76.4 cm³/mol. The van der Waals surface area contributed by atoms with Crippen molar-refractivity contribution in [3.05, 3.63) is 68.4 Å². The SMILES string of the molecule is Cc1cc(Cl)c(C(O)c2cccc(F)c2Cl)cc1C. The lowest BCUT2D eigenvalue weighted by Crippen LogP contribution is -2.03. The van der Waals surface area contributed by atoms with Crippen LogP contribution in [0.3, 0.4) is 0 Å². The molecule has 0 spiro atoms. The zero-order chi connectivity index (χ0) is 14.2. The van der Waals surface area contributed by atoms with Crippen LogP contribution in [-0.4, -0.2) is 5.11 Å². The summed E-state index contributed by atoms with van der Waals surface area (Å²) in [5.41, 5.74) is 2.88. The smallest absolute Gasteiger partial charge is 0.142 e. The summed E-state index contributed by atoms with van der Waals surface area (Å²) >= 11 is 12.0. The van der Waals surface area contributed by atoms with Gasteiger partial charge in [0.15, 0.2) is 0 Å². The van der Waals surface area contributed by atoms with Crippen LogP contribution in [0.1, 0.15) is 28.4 Å². The molecule has 0 aliphatic rings. The highest BCUT2D eigenvalue weighted by Gasteiger charge is 2.19. The topological polar surface area (TPSA) is 20.2 Å². The van der Waals surface area contributed by atoms with Crippen molar-refractivity contribution in [1.29, 1.82) is 0 Å². The zero-order valence-corrected chi connectivity index (χ0v) is 12.1. The Morgan fingerprint density at radius 1 is 1.05 bits per heavy atom. The molecule has 1 atom stereocenters. The molecular weight excluding hydrogens is 286 g/mol. The standard InChI is InChI=1S/C15H13Cl2FO/c1-8-6-11(12(16)7-9(8)2)15(19)10-4-3-5-13(18)14(10)17/h3-7,15,19H,1-2H3. The molecule has 0 radical (unpaired) electrons. The van der Waals surface area contributed by atoms with E-state index in [2.05, 4.69) is 0 Å². The van der Waals surface area contributed by atoms with Crippen LogP contribution in [-0.2, 0) is 0 Å². The van der Waals surface area contributed by atoms with Gasteiger partial charge in [-0.1, -0.05) is 41.4 Å². The van der Waals surface area contributed by atoms with Crippen LogP contribution < -0.4 is 0 Å².